The Labute approximate surface area is 149 Å². The molecular formula is C16H13Br2N3O2. The molecule has 0 atom stereocenters. The molecule has 2 aromatic carbocycles. The number of benzene rings is 2. The van der Waals surface area contributed by atoms with E-state index >= 15 is 0 Å². The Kier molecular flexibility index (Phi) is 4.41. The lowest BCUT2D eigenvalue weighted by molar-refractivity contribution is 0.412. The molecular weight excluding hydrogens is 426 g/mol. The minimum Gasteiger partial charge on any atom is -0.507 e. The van der Waals surface area contributed by atoms with Gasteiger partial charge in [-0.05, 0) is 62.2 Å². The standard InChI is InChI=1S/C16H13Br2N3O2/c1-21-14-7-12(18)11(17)6-13(14)20-16(21)19-8-9-5-10(23-2)3-4-15(9)22/h3-8,22H,1-2H3/b19-8+. The number of methoxy groups -OCH3 is 1. The Morgan fingerprint density at radius 1 is 1.22 bits per heavy atom. The SMILES string of the molecule is COc1ccc(O)c(/C=N/c2nc3cc(Br)c(Br)cc3n2C)c1. The average Bonchev–Trinajstić information content (AvgIpc) is 2.83. The topological polar surface area (TPSA) is 59.6 Å². The molecule has 7 heteroatoms. The predicted molar refractivity (Wildman–Crippen MR) is 98.0 cm³/mol. The number of rotatable bonds is 3. The smallest absolute Gasteiger partial charge is 0.230 e. The maximum atomic E-state index is 9.90. The number of phenols is 1. The summed E-state index contributed by atoms with van der Waals surface area (Å²) in [6.45, 7) is 0. The van der Waals surface area contributed by atoms with Crippen molar-refractivity contribution in [1.82, 2.24) is 9.55 Å². The molecule has 0 aliphatic carbocycles. The number of fused-ring (bicyclic) bond motifs is 1. The van der Waals surface area contributed by atoms with Crippen LogP contribution in [-0.4, -0.2) is 28.0 Å². The predicted octanol–water partition coefficient (Wildman–Crippen LogP) is 4.56. The zero-order valence-electron chi connectivity index (χ0n) is 12.4. The summed E-state index contributed by atoms with van der Waals surface area (Å²) < 4.78 is 8.93. The van der Waals surface area contributed by atoms with E-state index in [0.717, 1.165) is 20.0 Å². The van der Waals surface area contributed by atoms with Gasteiger partial charge in [0.05, 0.1) is 18.1 Å². The Morgan fingerprint density at radius 3 is 2.70 bits per heavy atom. The molecule has 0 bridgehead atoms. The molecule has 0 aliphatic rings. The van der Waals surface area contributed by atoms with Gasteiger partial charge in [0.25, 0.3) is 0 Å². The molecule has 0 saturated heterocycles. The number of hydrogen-bond donors (Lipinski definition) is 1. The van der Waals surface area contributed by atoms with Crippen molar-refractivity contribution >= 4 is 55.1 Å². The minimum atomic E-state index is 0.138. The van der Waals surface area contributed by atoms with Gasteiger partial charge in [-0.1, -0.05) is 0 Å². The van der Waals surface area contributed by atoms with Gasteiger partial charge in [-0.15, -0.1) is 0 Å². The van der Waals surface area contributed by atoms with Gasteiger partial charge in [-0.3, -0.25) is 0 Å². The van der Waals surface area contributed by atoms with Crippen molar-refractivity contribution in [3.63, 3.8) is 0 Å². The molecule has 3 aromatic rings. The van der Waals surface area contributed by atoms with Crippen LogP contribution in [0.3, 0.4) is 0 Å². The lowest BCUT2D eigenvalue weighted by Gasteiger charge is -2.03. The van der Waals surface area contributed by atoms with Gasteiger partial charge in [0.2, 0.25) is 5.95 Å². The number of aromatic hydroxyl groups is 1. The van der Waals surface area contributed by atoms with E-state index in [1.165, 1.54) is 0 Å². The van der Waals surface area contributed by atoms with Gasteiger partial charge in [-0.2, -0.15) is 0 Å². The second kappa shape index (κ2) is 6.33. The molecule has 0 amide bonds. The molecule has 1 N–H and O–H groups in total. The van der Waals surface area contributed by atoms with E-state index in [4.69, 9.17) is 4.74 Å². The first kappa shape index (κ1) is 16.0. The Balaban J connectivity index is 2.03. The van der Waals surface area contributed by atoms with E-state index in [2.05, 4.69) is 41.8 Å². The fraction of sp³-hybridized carbons (Fsp3) is 0.125. The van der Waals surface area contributed by atoms with Crippen LogP contribution >= 0.6 is 31.9 Å². The third kappa shape index (κ3) is 3.11. The van der Waals surface area contributed by atoms with Gasteiger partial charge in [0.15, 0.2) is 0 Å². The molecule has 5 nitrogen and oxygen atoms in total. The fourth-order valence-electron chi connectivity index (χ4n) is 2.18. The molecule has 23 heavy (non-hydrogen) atoms. The maximum Gasteiger partial charge on any atom is 0.230 e. The first-order valence-corrected chi connectivity index (χ1v) is 8.30. The second-order valence-corrected chi connectivity index (χ2v) is 6.62. The number of aromatic nitrogens is 2. The summed E-state index contributed by atoms with van der Waals surface area (Å²) in [5.74, 6) is 1.34. The summed E-state index contributed by atoms with van der Waals surface area (Å²) in [6.07, 6.45) is 1.57. The molecule has 0 saturated carbocycles. The highest BCUT2D eigenvalue weighted by atomic mass is 79.9. The van der Waals surface area contributed by atoms with Crippen LogP contribution in [0.15, 0.2) is 44.3 Å². The summed E-state index contributed by atoms with van der Waals surface area (Å²) >= 11 is 6.96. The third-order valence-electron chi connectivity index (χ3n) is 3.45. The summed E-state index contributed by atoms with van der Waals surface area (Å²) in [5, 5.41) is 9.90. The molecule has 0 aliphatic heterocycles. The van der Waals surface area contributed by atoms with Crippen LogP contribution < -0.4 is 4.74 Å². The number of halogens is 2. The zero-order valence-corrected chi connectivity index (χ0v) is 15.6. The van der Waals surface area contributed by atoms with Crippen LogP contribution in [0.5, 0.6) is 11.5 Å². The van der Waals surface area contributed by atoms with Gasteiger partial charge < -0.3 is 14.4 Å². The van der Waals surface area contributed by atoms with E-state index in [-0.39, 0.29) is 5.75 Å². The van der Waals surface area contributed by atoms with Crippen LogP contribution in [0.4, 0.5) is 5.95 Å². The van der Waals surface area contributed by atoms with Gasteiger partial charge in [0.1, 0.15) is 11.5 Å². The quantitative estimate of drug-likeness (QED) is 0.609. The summed E-state index contributed by atoms with van der Waals surface area (Å²) in [7, 11) is 3.47. The van der Waals surface area contributed by atoms with Gasteiger partial charge in [-0.25, -0.2) is 9.98 Å². The average molecular weight is 439 g/mol. The van der Waals surface area contributed by atoms with Crippen LogP contribution in [-0.2, 0) is 7.05 Å². The number of aryl methyl sites for hydroxylation is 1. The first-order valence-electron chi connectivity index (χ1n) is 6.72. The molecule has 1 aromatic heterocycles. The number of nitrogens with zero attached hydrogens (tertiary/aromatic N) is 3. The largest absolute Gasteiger partial charge is 0.507 e. The van der Waals surface area contributed by atoms with Crippen molar-refractivity contribution in [3.05, 3.63) is 44.8 Å². The summed E-state index contributed by atoms with van der Waals surface area (Å²) in [6, 6.07) is 8.89. The molecule has 1 heterocycles. The minimum absolute atomic E-state index is 0.138. The Morgan fingerprint density at radius 2 is 1.96 bits per heavy atom. The number of hydrogen-bond acceptors (Lipinski definition) is 4. The van der Waals surface area contributed by atoms with Crippen LogP contribution in [0.25, 0.3) is 11.0 Å². The molecule has 0 radical (unpaired) electrons. The van der Waals surface area contributed by atoms with E-state index in [0.29, 0.717) is 17.3 Å². The molecule has 0 unspecified atom stereocenters. The monoisotopic (exact) mass is 437 g/mol. The highest BCUT2D eigenvalue weighted by Gasteiger charge is 2.09. The van der Waals surface area contributed by atoms with E-state index in [9.17, 15) is 5.11 Å². The van der Waals surface area contributed by atoms with Crippen molar-refractivity contribution in [1.29, 1.82) is 0 Å². The Hall–Kier alpha value is -1.86. The lowest BCUT2D eigenvalue weighted by atomic mass is 10.2. The van der Waals surface area contributed by atoms with Crippen molar-refractivity contribution in [2.24, 2.45) is 12.0 Å². The highest BCUT2D eigenvalue weighted by Crippen LogP contribution is 2.30. The maximum absolute atomic E-state index is 9.90. The normalized spacial score (nSPS) is 11.5. The number of aliphatic imine (C=N–C) groups is 1. The van der Waals surface area contributed by atoms with Crippen molar-refractivity contribution in [2.75, 3.05) is 7.11 Å². The molecule has 0 spiro atoms. The van der Waals surface area contributed by atoms with Crippen LogP contribution in [0.1, 0.15) is 5.56 Å². The molecule has 118 valence electrons. The number of ether oxygens (including phenoxy) is 1. The summed E-state index contributed by atoms with van der Waals surface area (Å²) in [4.78, 5) is 8.89. The fourth-order valence-corrected chi connectivity index (χ4v) is 2.84. The van der Waals surface area contributed by atoms with E-state index < -0.39 is 0 Å². The Bertz CT molecular complexity index is 919. The number of imidazole rings is 1. The van der Waals surface area contributed by atoms with Gasteiger partial charge >= 0.3 is 0 Å². The van der Waals surface area contributed by atoms with Gasteiger partial charge in [0, 0.05) is 27.8 Å². The highest BCUT2D eigenvalue weighted by molar-refractivity contribution is 9.13. The van der Waals surface area contributed by atoms with E-state index in [1.54, 1.807) is 31.5 Å². The number of phenolic OH excluding ortho intramolecular Hbond substituents is 1. The second-order valence-electron chi connectivity index (χ2n) is 4.91. The molecule has 3 rings (SSSR count). The van der Waals surface area contributed by atoms with Crippen LogP contribution in [0.2, 0.25) is 0 Å². The van der Waals surface area contributed by atoms with Crippen molar-refractivity contribution < 1.29 is 9.84 Å². The van der Waals surface area contributed by atoms with Crippen molar-refractivity contribution in [3.8, 4) is 11.5 Å². The first-order chi connectivity index (χ1) is 11.0. The van der Waals surface area contributed by atoms with Crippen LogP contribution in [0, 0.1) is 0 Å². The lowest BCUT2D eigenvalue weighted by Crippen LogP contribution is -1.89. The molecule has 0 fully saturated rings. The zero-order chi connectivity index (χ0) is 16.6. The third-order valence-corrected chi connectivity index (χ3v) is 5.30. The summed E-state index contributed by atoms with van der Waals surface area (Å²) in [5.41, 5.74) is 2.37. The van der Waals surface area contributed by atoms with Crippen molar-refractivity contribution in [2.45, 2.75) is 0 Å². The van der Waals surface area contributed by atoms with E-state index in [1.807, 2.05) is 23.7 Å².